The van der Waals surface area contributed by atoms with Crippen LogP contribution in [0.25, 0.3) is 0 Å². The lowest BCUT2D eigenvalue weighted by atomic mass is 10.0. The number of ether oxygens (including phenoxy) is 1. The molecule has 0 aromatic heterocycles. The lowest BCUT2D eigenvalue weighted by molar-refractivity contribution is 0.361. The molecule has 1 heterocycles. The Morgan fingerprint density at radius 2 is 2.10 bits per heavy atom. The minimum atomic E-state index is -3.53. The fourth-order valence-corrected chi connectivity index (χ4v) is 4.30. The molecule has 21 heavy (non-hydrogen) atoms. The van der Waals surface area contributed by atoms with Crippen LogP contribution in [0.5, 0.6) is 5.75 Å². The first-order valence-electron chi connectivity index (χ1n) is 6.51. The summed E-state index contributed by atoms with van der Waals surface area (Å²) in [4.78, 5) is 0.218. The van der Waals surface area contributed by atoms with Gasteiger partial charge in [-0.05, 0) is 38.4 Å². The summed E-state index contributed by atoms with van der Waals surface area (Å²) in [7, 11) is -2.01. The molecule has 2 N–H and O–H groups in total. The zero-order valence-electron chi connectivity index (χ0n) is 11.9. The summed E-state index contributed by atoms with van der Waals surface area (Å²) in [6.07, 6.45) is 1.60. The molecule has 1 aromatic carbocycles. The molecule has 120 valence electrons. The molecular formula is C13H20BrClN2O3S. The van der Waals surface area contributed by atoms with Crippen molar-refractivity contribution in [3.63, 3.8) is 0 Å². The van der Waals surface area contributed by atoms with Crippen LogP contribution in [0.15, 0.2) is 27.6 Å². The number of halogens is 2. The van der Waals surface area contributed by atoms with Gasteiger partial charge in [0.15, 0.2) is 0 Å². The van der Waals surface area contributed by atoms with Crippen LogP contribution in [0.1, 0.15) is 19.8 Å². The van der Waals surface area contributed by atoms with E-state index >= 15 is 0 Å². The van der Waals surface area contributed by atoms with Crippen LogP contribution in [0.4, 0.5) is 0 Å². The number of hydrogen-bond acceptors (Lipinski definition) is 4. The molecule has 0 saturated carbocycles. The van der Waals surface area contributed by atoms with Crippen molar-refractivity contribution < 1.29 is 13.2 Å². The number of methoxy groups -OCH3 is 1. The molecule has 0 bridgehead atoms. The minimum absolute atomic E-state index is 0. The standard InChI is InChI=1S/C13H19BrN2O3S.ClH/c1-9-5-11(3-4-15-9)16-20(17,18)13-7-10(14)6-12(8-13)19-2;/h6-9,11,15-16H,3-5H2,1-2H3;1H. The fourth-order valence-electron chi connectivity index (χ4n) is 2.34. The number of hydrogen-bond donors (Lipinski definition) is 2. The molecule has 0 spiro atoms. The number of piperidine rings is 1. The Kier molecular flexibility index (Phi) is 6.93. The molecule has 1 saturated heterocycles. The minimum Gasteiger partial charge on any atom is -0.497 e. The molecular weight excluding hydrogens is 380 g/mol. The van der Waals surface area contributed by atoms with Gasteiger partial charge in [0.25, 0.3) is 0 Å². The second-order valence-electron chi connectivity index (χ2n) is 5.02. The zero-order valence-corrected chi connectivity index (χ0v) is 15.1. The maximum atomic E-state index is 12.4. The second-order valence-corrected chi connectivity index (χ2v) is 7.65. The second kappa shape index (κ2) is 7.78. The summed E-state index contributed by atoms with van der Waals surface area (Å²) >= 11 is 3.30. The Bertz CT molecular complexity index is 583. The molecule has 1 aromatic rings. The van der Waals surface area contributed by atoms with Gasteiger partial charge in [0.05, 0.1) is 12.0 Å². The zero-order chi connectivity index (χ0) is 14.8. The predicted octanol–water partition coefficient (Wildman–Crippen LogP) is 2.30. The van der Waals surface area contributed by atoms with Crippen LogP contribution in [0.2, 0.25) is 0 Å². The Morgan fingerprint density at radius 3 is 2.71 bits per heavy atom. The van der Waals surface area contributed by atoms with Crippen molar-refractivity contribution in [2.75, 3.05) is 13.7 Å². The van der Waals surface area contributed by atoms with E-state index in [-0.39, 0.29) is 23.3 Å². The summed E-state index contributed by atoms with van der Waals surface area (Å²) in [5.74, 6) is 0.512. The SMILES string of the molecule is COc1cc(Br)cc(S(=O)(=O)NC2CCNC(C)C2)c1.Cl. The van der Waals surface area contributed by atoms with E-state index in [1.807, 2.05) is 0 Å². The summed E-state index contributed by atoms with van der Waals surface area (Å²) in [6.45, 7) is 2.89. The van der Waals surface area contributed by atoms with Gasteiger partial charge >= 0.3 is 0 Å². The van der Waals surface area contributed by atoms with E-state index in [2.05, 4.69) is 32.9 Å². The van der Waals surface area contributed by atoms with Gasteiger partial charge in [0.2, 0.25) is 10.0 Å². The van der Waals surface area contributed by atoms with Gasteiger partial charge in [0.1, 0.15) is 5.75 Å². The van der Waals surface area contributed by atoms with Crippen molar-refractivity contribution in [1.29, 1.82) is 0 Å². The molecule has 1 fully saturated rings. The molecule has 0 aliphatic carbocycles. The third kappa shape index (κ3) is 5.10. The molecule has 5 nitrogen and oxygen atoms in total. The molecule has 2 atom stereocenters. The first-order valence-corrected chi connectivity index (χ1v) is 8.78. The predicted molar refractivity (Wildman–Crippen MR) is 88.8 cm³/mol. The highest BCUT2D eigenvalue weighted by Crippen LogP contribution is 2.24. The van der Waals surface area contributed by atoms with E-state index in [4.69, 9.17) is 4.74 Å². The van der Waals surface area contributed by atoms with E-state index in [1.165, 1.54) is 13.2 Å². The van der Waals surface area contributed by atoms with Crippen LogP contribution >= 0.6 is 28.3 Å². The van der Waals surface area contributed by atoms with Crippen LogP contribution in [0, 0.1) is 0 Å². The number of rotatable bonds is 4. The lowest BCUT2D eigenvalue weighted by Crippen LogP contribution is -2.46. The van der Waals surface area contributed by atoms with E-state index in [0.717, 1.165) is 19.4 Å². The first-order chi connectivity index (χ1) is 9.40. The monoisotopic (exact) mass is 398 g/mol. The summed E-state index contributed by atoms with van der Waals surface area (Å²) < 4.78 is 33.4. The van der Waals surface area contributed by atoms with E-state index in [0.29, 0.717) is 16.3 Å². The van der Waals surface area contributed by atoms with E-state index in [9.17, 15) is 8.42 Å². The van der Waals surface area contributed by atoms with Crippen molar-refractivity contribution in [2.45, 2.75) is 36.7 Å². The Balaban J connectivity index is 0.00000220. The van der Waals surface area contributed by atoms with E-state index in [1.54, 1.807) is 12.1 Å². The third-order valence-electron chi connectivity index (χ3n) is 3.34. The van der Waals surface area contributed by atoms with Gasteiger partial charge in [-0.25, -0.2) is 13.1 Å². The lowest BCUT2D eigenvalue weighted by Gasteiger charge is -2.28. The maximum Gasteiger partial charge on any atom is 0.240 e. The van der Waals surface area contributed by atoms with Crippen molar-refractivity contribution >= 4 is 38.4 Å². The summed E-state index contributed by atoms with van der Waals surface area (Å²) in [6, 6.07) is 5.13. The Hall–Kier alpha value is -0.340. The smallest absolute Gasteiger partial charge is 0.240 e. The Labute approximate surface area is 140 Å². The van der Waals surface area contributed by atoms with E-state index < -0.39 is 10.0 Å². The highest BCUT2D eigenvalue weighted by molar-refractivity contribution is 9.10. The Morgan fingerprint density at radius 1 is 1.38 bits per heavy atom. The first kappa shape index (κ1) is 18.7. The number of benzene rings is 1. The largest absolute Gasteiger partial charge is 0.497 e. The van der Waals surface area contributed by atoms with Gasteiger partial charge in [-0.1, -0.05) is 15.9 Å². The molecule has 1 aliphatic heterocycles. The average Bonchev–Trinajstić information content (AvgIpc) is 2.37. The van der Waals surface area contributed by atoms with Crippen LogP contribution in [0.3, 0.4) is 0 Å². The van der Waals surface area contributed by atoms with Crippen LogP contribution in [-0.4, -0.2) is 34.2 Å². The van der Waals surface area contributed by atoms with Crippen LogP contribution in [-0.2, 0) is 10.0 Å². The molecule has 2 rings (SSSR count). The topological polar surface area (TPSA) is 67.4 Å². The highest BCUT2D eigenvalue weighted by Gasteiger charge is 2.24. The number of nitrogens with one attached hydrogen (secondary N) is 2. The highest BCUT2D eigenvalue weighted by atomic mass is 79.9. The van der Waals surface area contributed by atoms with Gasteiger partial charge in [0, 0.05) is 22.6 Å². The third-order valence-corrected chi connectivity index (χ3v) is 5.29. The van der Waals surface area contributed by atoms with Crippen molar-refractivity contribution in [1.82, 2.24) is 10.0 Å². The molecule has 1 aliphatic rings. The van der Waals surface area contributed by atoms with Gasteiger partial charge in [-0.15, -0.1) is 12.4 Å². The summed E-state index contributed by atoms with van der Waals surface area (Å²) in [5, 5.41) is 3.30. The molecule has 2 unspecified atom stereocenters. The van der Waals surface area contributed by atoms with Gasteiger partial charge in [-0.2, -0.15) is 0 Å². The van der Waals surface area contributed by atoms with Crippen molar-refractivity contribution in [3.05, 3.63) is 22.7 Å². The maximum absolute atomic E-state index is 12.4. The average molecular weight is 400 g/mol. The molecule has 0 radical (unpaired) electrons. The van der Waals surface area contributed by atoms with Gasteiger partial charge in [-0.3, -0.25) is 0 Å². The van der Waals surface area contributed by atoms with Gasteiger partial charge < -0.3 is 10.1 Å². The van der Waals surface area contributed by atoms with Crippen molar-refractivity contribution in [3.8, 4) is 5.75 Å². The van der Waals surface area contributed by atoms with Crippen molar-refractivity contribution in [2.24, 2.45) is 0 Å². The van der Waals surface area contributed by atoms with Crippen LogP contribution < -0.4 is 14.8 Å². The molecule has 0 amide bonds. The molecule has 8 heteroatoms. The normalized spacial score (nSPS) is 22.4. The fraction of sp³-hybridized carbons (Fsp3) is 0.538. The summed E-state index contributed by atoms with van der Waals surface area (Å²) in [5.41, 5.74) is 0. The number of sulfonamides is 1. The quantitative estimate of drug-likeness (QED) is 0.815.